The first kappa shape index (κ1) is 13.8. The summed E-state index contributed by atoms with van der Waals surface area (Å²) in [5.74, 6) is 0. The maximum absolute atomic E-state index is 5.29. The van der Waals surface area contributed by atoms with Gasteiger partial charge in [0.1, 0.15) is 0 Å². The Kier molecular flexibility index (Phi) is 5.01. The first-order valence-electron chi connectivity index (χ1n) is 4.87. The molecule has 2 fully saturated rings. The van der Waals surface area contributed by atoms with Crippen LogP contribution >= 0.6 is 0 Å². The maximum Gasteiger partial charge on any atom is 0.0951 e. The summed E-state index contributed by atoms with van der Waals surface area (Å²) in [7, 11) is 1.71. The van der Waals surface area contributed by atoms with E-state index in [1.165, 1.54) is 6.42 Å². The van der Waals surface area contributed by atoms with Crippen LogP contribution in [0.5, 0.6) is 0 Å². The van der Waals surface area contributed by atoms with Crippen LogP contribution in [0.3, 0.4) is 0 Å². The second kappa shape index (κ2) is 5.07. The van der Waals surface area contributed by atoms with Crippen LogP contribution in [-0.4, -0.2) is 43.5 Å². The molecule has 0 aromatic rings. The van der Waals surface area contributed by atoms with Crippen molar-refractivity contribution in [2.75, 3.05) is 26.8 Å². The van der Waals surface area contributed by atoms with Crippen LogP contribution in [0, 0.1) is 0 Å². The normalized spacial score (nSPS) is 22.3. The molecule has 0 aromatic heterocycles. The van der Waals surface area contributed by atoms with Crippen LogP contribution in [-0.2, 0) is 9.47 Å². The van der Waals surface area contributed by atoms with Gasteiger partial charge in [0.25, 0.3) is 0 Å². The standard InChI is InChI=1S/C5H9NO.C5H12O.H2O/c1-2-7-5(1)3-6-4-5;1-5(2,3)6-4;/h6H,1-4H2;1-4H3;1H2. The van der Waals surface area contributed by atoms with E-state index in [-0.39, 0.29) is 11.1 Å². The van der Waals surface area contributed by atoms with Crippen molar-refractivity contribution >= 4 is 0 Å². The number of methoxy groups -OCH3 is 1. The zero-order valence-corrected chi connectivity index (χ0v) is 9.64. The van der Waals surface area contributed by atoms with Gasteiger partial charge in [-0.3, -0.25) is 0 Å². The number of rotatable bonds is 0. The minimum atomic E-state index is 0. The third kappa shape index (κ3) is 3.92. The number of hydrogen-bond acceptors (Lipinski definition) is 3. The summed E-state index contributed by atoms with van der Waals surface area (Å²) >= 11 is 0. The molecule has 0 amide bonds. The van der Waals surface area contributed by atoms with Crippen molar-refractivity contribution < 1.29 is 14.9 Å². The fourth-order valence-electron chi connectivity index (χ4n) is 1.07. The van der Waals surface area contributed by atoms with Crippen LogP contribution in [0.25, 0.3) is 0 Å². The molecule has 0 unspecified atom stereocenters. The third-order valence-electron chi connectivity index (χ3n) is 2.47. The summed E-state index contributed by atoms with van der Waals surface area (Å²) in [6.07, 6.45) is 1.28. The molecule has 2 saturated heterocycles. The molecule has 86 valence electrons. The Bertz CT molecular complexity index is 142. The molecule has 2 rings (SSSR count). The molecule has 1 spiro atoms. The van der Waals surface area contributed by atoms with E-state index in [0.717, 1.165) is 19.7 Å². The highest BCUT2D eigenvalue weighted by Gasteiger charge is 2.43. The van der Waals surface area contributed by atoms with Crippen molar-refractivity contribution in [2.24, 2.45) is 0 Å². The van der Waals surface area contributed by atoms with Gasteiger partial charge in [0, 0.05) is 26.6 Å². The van der Waals surface area contributed by atoms with Gasteiger partial charge in [-0.2, -0.15) is 0 Å². The van der Waals surface area contributed by atoms with Crippen molar-refractivity contribution in [3.63, 3.8) is 0 Å². The molecule has 4 heteroatoms. The molecular weight excluding hydrogens is 182 g/mol. The second-order valence-electron chi connectivity index (χ2n) is 4.70. The van der Waals surface area contributed by atoms with E-state index in [2.05, 4.69) is 5.32 Å². The lowest BCUT2D eigenvalue weighted by molar-refractivity contribution is -0.173. The monoisotopic (exact) mass is 205 g/mol. The molecule has 4 nitrogen and oxygen atoms in total. The van der Waals surface area contributed by atoms with Crippen LogP contribution < -0.4 is 5.32 Å². The largest absolute Gasteiger partial charge is 0.412 e. The van der Waals surface area contributed by atoms with Crippen LogP contribution in [0.15, 0.2) is 0 Å². The minimum absolute atomic E-state index is 0. The molecule has 2 heterocycles. The number of ether oxygens (including phenoxy) is 2. The molecule has 2 aliphatic heterocycles. The lowest BCUT2D eigenvalue weighted by atomic mass is 9.89. The van der Waals surface area contributed by atoms with Crippen molar-refractivity contribution in [3.8, 4) is 0 Å². The minimum Gasteiger partial charge on any atom is -0.412 e. The van der Waals surface area contributed by atoms with Gasteiger partial charge < -0.3 is 20.3 Å². The maximum atomic E-state index is 5.29. The molecule has 0 bridgehead atoms. The van der Waals surface area contributed by atoms with Gasteiger partial charge in [0.05, 0.1) is 17.8 Å². The molecule has 3 N–H and O–H groups in total. The van der Waals surface area contributed by atoms with Crippen LogP contribution in [0.1, 0.15) is 27.2 Å². The van der Waals surface area contributed by atoms with E-state index in [1.807, 2.05) is 20.8 Å². The molecule has 0 radical (unpaired) electrons. The average molecular weight is 205 g/mol. The predicted octanol–water partition coefficient (Wildman–Crippen LogP) is 0.355. The Hall–Kier alpha value is -0.160. The summed E-state index contributed by atoms with van der Waals surface area (Å²) in [5, 5.41) is 3.18. The Morgan fingerprint density at radius 2 is 1.71 bits per heavy atom. The number of nitrogens with one attached hydrogen (secondary N) is 1. The molecule has 0 saturated carbocycles. The zero-order valence-electron chi connectivity index (χ0n) is 9.64. The van der Waals surface area contributed by atoms with Gasteiger partial charge in [-0.15, -0.1) is 0 Å². The first-order valence-corrected chi connectivity index (χ1v) is 4.87. The molecule has 14 heavy (non-hydrogen) atoms. The van der Waals surface area contributed by atoms with E-state index in [0.29, 0.717) is 5.60 Å². The topological polar surface area (TPSA) is 62.0 Å². The predicted molar refractivity (Wildman–Crippen MR) is 56.5 cm³/mol. The summed E-state index contributed by atoms with van der Waals surface area (Å²) < 4.78 is 10.2. The molecule has 0 atom stereocenters. The fraction of sp³-hybridized carbons (Fsp3) is 1.00. The summed E-state index contributed by atoms with van der Waals surface area (Å²) in [5.41, 5.74) is 0.375. The SMILES string of the molecule is C1CC2(CNC2)O1.COC(C)(C)C.O. The van der Waals surface area contributed by atoms with Crippen molar-refractivity contribution in [1.82, 2.24) is 5.32 Å². The Morgan fingerprint density at radius 3 is 1.71 bits per heavy atom. The van der Waals surface area contributed by atoms with Crippen molar-refractivity contribution in [2.45, 2.75) is 38.4 Å². The van der Waals surface area contributed by atoms with Gasteiger partial charge in [-0.1, -0.05) is 0 Å². The molecular formula is C10H23NO3. The van der Waals surface area contributed by atoms with E-state index in [1.54, 1.807) is 7.11 Å². The summed E-state index contributed by atoms with van der Waals surface area (Å²) in [4.78, 5) is 0. The number of hydrogen-bond donors (Lipinski definition) is 1. The third-order valence-corrected chi connectivity index (χ3v) is 2.47. The smallest absolute Gasteiger partial charge is 0.0951 e. The molecule has 2 aliphatic rings. The lowest BCUT2D eigenvalue weighted by Gasteiger charge is -2.49. The summed E-state index contributed by atoms with van der Waals surface area (Å²) in [6, 6.07) is 0. The van der Waals surface area contributed by atoms with Gasteiger partial charge in [0.15, 0.2) is 0 Å². The lowest BCUT2D eigenvalue weighted by Crippen LogP contribution is -2.66. The van der Waals surface area contributed by atoms with Gasteiger partial charge in [0.2, 0.25) is 0 Å². The highest BCUT2D eigenvalue weighted by atomic mass is 16.5. The van der Waals surface area contributed by atoms with Gasteiger partial charge in [-0.25, -0.2) is 0 Å². The molecule has 0 aliphatic carbocycles. The Balaban J connectivity index is 0.000000230. The van der Waals surface area contributed by atoms with E-state index in [4.69, 9.17) is 9.47 Å². The quantitative estimate of drug-likeness (QED) is 0.621. The van der Waals surface area contributed by atoms with E-state index < -0.39 is 0 Å². The summed E-state index contributed by atoms with van der Waals surface area (Å²) in [6.45, 7) is 9.23. The van der Waals surface area contributed by atoms with E-state index >= 15 is 0 Å². The zero-order chi connectivity index (χ0) is 9.95. The van der Waals surface area contributed by atoms with Crippen molar-refractivity contribution in [1.29, 1.82) is 0 Å². The first-order chi connectivity index (χ1) is 5.97. The Labute approximate surface area is 86.3 Å². The van der Waals surface area contributed by atoms with Gasteiger partial charge >= 0.3 is 0 Å². The van der Waals surface area contributed by atoms with Crippen LogP contribution in [0.4, 0.5) is 0 Å². The van der Waals surface area contributed by atoms with Crippen LogP contribution in [0.2, 0.25) is 0 Å². The highest BCUT2D eigenvalue weighted by molar-refractivity contribution is 4.99. The van der Waals surface area contributed by atoms with E-state index in [9.17, 15) is 0 Å². The fourth-order valence-corrected chi connectivity index (χ4v) is 1.07. The Morgan fingerprint density at radius 1 is 1.29 bits per heavy atom. The van der Waals surface area contributed by atoms with Gasteiger partial charge in [-0.05, 0) is 20.8 Å². The molecule has 0 aromatic carbocycles. The highest BCUT2D eigenvalue weighted by Crippen LogP contribution is 2.29. The van der Waals surface area contributed by atoms with Crippen molar-refractivity contribution in [3.05, 3.63) is 0 Å². The average Bonchev–Trinajstić information content (AvgIpc) is 1.80. The second-order valence-corrected chi connectivity index (χ2v) is 4.70.